The maximum absolute atomic E-state index is 5.65. The normalized spacial score (nSPS) is 30.7. The van der Waals surface area contributed by atoms with Gasteiger partial charge in [-0.1, -0.05) is 19.3 Å². The first-order valence-electron chi connectivity index (χ1n) is 9.08. The summed E-state index contributed by atoms with van der Waals surface area (Å²) in [5.74, 6) is 0.962. The van der Waals surface area contributed by atoms with Crippen molar-refractivity contribution in [1.82, 2.24) is 10.2 Å². The number of nitrogens with one attached hydrogen (secondary N) is 1. The van der Waals surface area contributed by atoms with Crippen LogP contribution < -0.4 is 5.32 Å². The lowest BCUT2D eigenvalue weighted by Crippen LogP contribution is -2.66. The molecule has 0 radical (unpaired) electrons. The van der Waals surface area contributed by atoms with Crippen LogP contribution in [0.25, 0.3) is 0 Å². The van der Waals surface area contributed by atoms with E-state index < -0.39 is 0 Å². The Morgan fingerprint density at radius 2 is 1.90 bits per heavy atom. The molecule has 0 aromatic carbocycles. The number of methoxy groups -OCH3 is 1. The molecule has 2 saturated carbocycles. The number of hydrogen-bond acceptors (Lipinski definition) is 3. The lowest BCUT2D eigenvalue weighted by atomic mass is 9.77. The quantitative estimate of drug-likeness (QED) is 0.843. The van der Waals surface area contributed by atoms with Crippen LogP contribution in [0.4, 0.5) is 0 Å². The fourth-order valence-electron chi connectivity index (χ4n) is 4.28. The summed E-state index contributed by atoms with van der Waals surface area (Å²) in [4.78, 5) is 2.85. The standard InChI is InChI=1S/C18H34N2O/c1-17(2,21-3)11-12-20-13-16(15-7-8-15)19-14-18(20)9-5-4-6-10-18/h15-16,19H,4-14H2,1-3H3. The van der Waals surface area contributed by atoms with E-state index in [1.165, 1.54) is 64.6 Å². The van der Waals surface area contributed by atoms with E-state index in [1.807, 2.05) is 7.11 Å². The Hall–Kier alpha value is -0.120. The van der Waals surface area contributed by atoms with Crippen LogP contribution >= 0.6 is 0 Å². The number of rotatable bonds is 5. The molecular weight excluding hydrogens is 260 g/mol. The minimum absolute atomic E-state index is 0.00973. The van der Waals surface area contributed by atoms with Crippen molar-refractivity contribution >= 4 is 0 Å². The summed E-state index contributed by atoms with van der Waals surface area (Å²) in [6, 6.07) is 0.753. The van der Waals surface area contributed by atoms with Gasteiger partial charge < -0.3 is 10.1 Å². The van der Waals surface area contributed by atoms with E-state index in [2.05, 4.69) is 24.1 Å². The molecule has 1 spiro atoms. The predicted molar refractivity (Wildman–Crippen MR) is 87.6 cm³/mol. The van der Waals surface area contributed by atoms with Gasteiger partial charge in [-0.05, 0) is 51.9 Å². The van der Waals surface area contributed by atoms with Crippen molar-refractivity contribution in [2.45, 2.75) is 82.4 Å². The van der Waals surface area contributed by atoms with Gasteiger partial charge >= 0.3 is 0 Å². The molecule has 1 N–H and O–H groups in total. The van der Waals surface area contributed by atoms with Crippen molar-refractivity contribution in [2.75, 3.05) is 26.7 Å². The van der Waals surface area contributed by atoms with E-state index in [0.717, 1.165) is 18.4 Å². The molecule has 1 atom stereocenters. The Balaban J connectivity index is 1.66. The van der Waals surface area contributed by atoms with Crippen molar-refractivity contribution in [3.05, 3.63) is 0 Å². The largest absolute Gasteiger partial charge is 0.379 e. The minimum atomic E-state index is 0.00973. The Bertz CT molecular complexity index is 345. The maximum atomic E-state index is 5.65. The predicted octanol–water partition coefficient (Wildman–Crippen LogP) is 3.19. The summed E-state index contributed by atoms with van der Waals surface area (Å²) in [7, 11) is 1.85. The van der Waals surface area contributed by atoms with Gasteiger partial charge in [-0.15, -0.1) is 0 Å². The van der Waals surface area contributed by atoms with Crippen LogP contribution in [0.2, 0.25) is 0 Å². The van der Waals surface area contributed by atoms with E-state index in [-0.39, 0.29) is 5.60 Å². The summed E-state index contributed by atoms with van der Waals surface area (Å²) in [6.45, 7) is 8.14. The van der Waals surface area contributed by atoms with Crippen LogP contribution in [-0.4, -0.2) is 48.8 Å². The van der Waals surface area contributed by atoms with Gasteiger partial charge in [-0.3, -0.25) is 4.90 Å². The molecule has 2 aliphatic carbocycles. The summed E-state index contributed by atoms with van der Waals surface area (Å²) >= 11 is 0. The van der Waals surface area contributed by atoms with Gasteiger partial charge in [0.15, 0.2) is 0 Å². The summed E-state index contributed by atoms with van der Waals surface area (Å²) in [5, 5.41) is 3.91. The smallest absolute Gasteiger partial charge is 0.0634 e. The zero-order valence-electron chi connectivity index (χ0n) is 14.3. The van der Waals surface area contributed by atoms with Gasteiger partial charge in [0.1, 0.15) is 0 Å². The first-order valence-corrected chi connectivity index (χ1v) is 9.08. The maximum Gasteiger partial charge on any atom is 0.0634 e. The molecule has 3 aliphatic rings. The third kappa shape index (κ3) is 3.62. The van der Waals surface area contributed by atoms with E-state index in [1.54, 1.807) is 0 Å². The zero-order chi connectivity index (χ0) is 14.9. The van der Waals surface area contributed by atoms with Gasteiger partial charge in [-0.2, -0.15) is 0 Å². The third-order valence-corrected chi connectivity index (χ3v) is 6.29. The van der Waals surface area contributed by atoms with Crippen LogP contribution in [-0.2, 0) is 4.74 Å². The SMILES string of the molecule is COC(C)(C)CCN1CC(C2CC2)NCC12CCCCC2. The monoisotopic (exact) mass is 294 g/mol. The summed E-state index contributed by atoms with van der Waals surface area (Å²) in [6.07, 6.45) is 11.1. The molecule has 0 aromatic heterocycles. The van der Waals surface area contributed by atoms with Crippen molar-refractivity contribution in [3.8, 4) is 0 Å². The van der Waals surface area contributed by atoms with E-state index in [4.69, 9.17) is 4.74 Å². The van der Waals surface area contributed by atoms with Crippen LogP contribution in [0.1, 0.15) is 65.2 Å². The second-order valence-electron chi connectivity index (χ2n) is 8.27. The van der Waals surface area contributed by atoms with Gasteiger partial charge in [0.25, 0.3) is 0 Å². The van der Waals surface area contributed by atoms with Crippen molar-refractivity contribution < 1.29 is 4.74 Å². The Morgan fingerprint density at radius 3 is 2.52 bits per heavy atom. The molecule has 0 amide bonds. The molecule has 0 aromatic rings. The topological polar surface area (TPSA) is 24.5 Å². The van der Waals surface area contributed by atoms with Crippen LogP contribution in [0.5, 0.6) is 0 Å². The highest BCUT2D eigenvalue weighted by molar-refractivity contribution is 5.03. The number of ether oxygens (including phenoxy) is 1. The van der Waals surface area contributed by atoms with Crippen molar-refractivity contribution in [2.24, 2.45) is 5.92 Å². The van der Waals surface area contributed by atoms with Gasteiger partial charge in [0.05, 0.1) is 5.60 Å². The van der Waals surface area contributed by atoms with Gasteiger partial charge in [-0.25, -0.2) is 0 Å². The first-order chi connectivity index (χ1) is 10.0. The van der Waals surface area contributed by atoms with Crippen LogP contribution in [0, 0.1) is 5.92 Å². The van der Waals surface area contributed by atoms with E-state index >= 15 is 0 Å². The number of piperazine rings is 1. The lowest BCUT2D eigenvalue weighted by Gasteiger charge is -2.53. The van der Waals surface area contributed by atoms with Gasteiger partial charge in [0.2, 0.25) is 0 Å². The molecule has 21 heavy (non-hydrogen) atoms. The van der Waals surface area contributed by atoms with E-state index in [0.29, 0.717) is 5.54 Å². The van der Waals surface area contributed by atoms with E-state index in [9.17, 15) is 0 Å². The van der Waals surface area contributed by atoms with Crippen LogP contribution in [0.15, 0.2) is 0 Å². The molecule has 3 heteroatoms. The Morgan fingerprint density at radius 1 is 1.19 bits per heavy atom. The molecule has 122 valence electrons. The highest BCUT2D eigenvalue weighted by atomic mass is 16.5. The lowest BCUT2D eigenvalue weighted by molar-refractivity contribution is -0.0311. The fourth-order valence-corrected chi connectivity index (χ4v) is 4.28. The second-order valence-corrected chi connectivity index (χ2v) is 8.27. The van der Waals surface area contributed by atoms with Crippen molar-refractivity contribution in [1.29, 1.82) is 0 Å². The highest BCUT2D eigenvalue weighted by Gasteiger charge is 2.45. The molecule has 1 unspecified atom stereocenters. The minimum Gasteiger partial charge on any atom is -0.379 e. The number of nitrogens with zero attached hydrogens (tertiary/aromatic N) is 1. The molecule has 1 aliphatic heterocycles. The Labute approximate surface area is 130 Å². The van der Waals surface area contributed by atoms with Crippen LogP contribution in [0.3, 0.4) is 0 Å². The Kier molecular flexibility index (Phi) is 4.63. The molecule has 1 heterocycles. The van der Waals surface area contributed by atoms with Crippen molar-refractivity contribution in [3.63, 3.8) is 0 Å². The molecule has 3 fully saturated rings. The molecule has 3 nitrogen and oxygen atoms in total. The van der Waals surface area contributed by atoms with Gasteiger partial charge in [0, 0.05) is 38.3 Å². The molecule has 3 rings (SSSR count). The molecular formula is C18H34N2O. The summed E-state index contributed by atoms with van der Waals surface area (Å²) in [5.41, 5.74) is 0.462. The second kappa shape index (κ2) is 6.17. The zero-order valence-corrected chi connectivity index (χ0v) is 14.3. The fraction of sp³-hybridized carbons (Fsp3) is 1.00. The average Bonchev–Trinajstić information content (AvgIpc) is 3.32. The molecule has 0 bridgehead atoms. The third-order valence-electron chi connectivity index (χ3n) is 6.29. The highest BCUT2D eigenvalue weighted by Crippen LogP contribution is 2.40. The molecule has 1 saturated heterocycles. The number of hydrogen-bond donors (Lipinski definition) is 1. The average molecular weight is 294 g/mol. The first kappa shape index (κ1) is 15.8. The summed E-state index contributed by atoms with van der Waals surface area (Å²) < 4.78 is 5.65.